The molecule has 0 saturated heterocycles. The minimum Gasteiger partial charge on any atom is -0.495 e. The fraction of sp³-hybridized carbons (Fsp3) is 0.143. The summed E-state index contributed by atoms with van der Waals surface area (Å²) in [6.45, 7) is 0. The van der Waals surface area contributed by atoms with E-state index in [1.807, 2.05) is 6.07 Å². The van der Waals surface area contributed by atoms with Gasteiger partial charge in [-0.25, -0.2) is 4.39 Å². The maximum Gasteiger partial charge on any atom is 0.141 e. The van der Waals surface area contributed by atoms with Gasteiger partial charge in [0.1, 0.15) is 11.6 Å². The molecule has 100 valence electrons. The van der Waals surface area contributed by atoms with Crippen molar-refractivity contribution in [1.82, 2.24) is 0 Å². The van der Waals surface area contributed by atoms with Crippen LogP contribution in [0.4, 0.5) is 4.39 Å². The van der Waals surface area contributed by atoms with Gasteiger partial charge in [0.05, 0.1) is 22.0 Å². The van der Waals surface area contributed by atoms with Crippen molar-refractivity contribution in [2.75, 3.05) is 7.11 Å². The standard InChI is InChI=1S/C14H10BrCl2FO/c1-19-13-5-3-9(7-11(13)17)14(15)8-2-4-12(18)10(16)6-8/h2-7,14H,1H3. The van der Waals surface area contributed by atoms with Crippen LogP contribution in [-0.4, -0.2) is 7.11 Å². The van der Waals surface area contributed by atoms with Crippen molar-refractivity contribution < 1.29 is 9.13 Å². The summed E-state index contributed by atoms with van der Waals surface area (Å²) in [5, 5.41) is 0.624. The summed E-state index contributed by atoms with van der Waals surface area (Å²) in [6.07, 6.45) is 0. The molecule has 2 aromatic rings. The summed E-state index contributed by atoms with van der Waals surface area (Å²) in [6, 6.07) is 10.1. The van der Waals surface area contributed by atoms with Crippen molar-refractivity contribution in [3.8, 4) is 5.75 Å². The highest BCUT2D eigenvalue weighted by atomic mass is 79.9. The first-order chi connectivity index (χ1) is 9.02. The zero-order chi connectivity index (χ0) is 14.0. The molecule has 0 heterocycles. The third kappa shape index (κ3) is 3.22. The minimum absolute atomic E-state index is 0.0987. The van der Waals surface area contributed by atoms with Gasteiger partial charge in [0, 0.05) is 0 Å². The molecule has 1 unspecified atom stereocenters. The highest BCUT2D eigenvalue weighted by Crippen LogP contribution is 2.36. The molecule has 0 fully saturated rings. The zero-order valence-corrected chi connectivity index (χ0v) is 13.1. The number of ether oxygens (including phenoxy) is 1. The van der Waals surface area contributed by atoms with Gasteiger partial charge in [-0.3, -0.25) is 0 Å². The number of alkyl halides is 1. The van der Waals surface area contributed by atoms with Crippen molar-refractivity contribution in [2.45, 2.75) is 4.83 Å². The molecule has 19 heavy (non-hydrogen) atoms. The second kappa shape index (κ2) is 6.12. The largest absolute Gasteiger partial charge is 0.495 e. The molecule has 0 saturated carbocycles. The first kappa shape index (κ1) is 14.6. The molecule has 5 heteroatoms. The fourth-order valence-electron chi connectivity index (χ4n) is 1.70. The highest BCUT2D eigenvalue weighted by molar-refractivity contribution is 9.09. The Bertz CT molecular complexity index is 604. The molecule has 0 spiro atoms. The van der Waals surface area contributed by atoms with E-state index in [1.165, 1.54) is 6.07 Å². The average molecular weight is 364 g/mol. The maximum atomic E-state index is 13.1. The Morgan fingerprint density at radius 3 is 2.16 bits per heavy atom. The van der Waals surface area contributed by atoms with Crippen LogP contribution in [0.5, 0.6) is 5.75 Å². The molecular weight excluding hydrogens is 354 g/mol. The summed E-state index contributed by atoms with van der Waals surface area (Å²) < 4.78 is 18.2. The minimum atomic E-state index is -0.433. The molecule has 0 aliphatic carbocycles. The average Bonchev–Trinajstić information content (AvgIpc) is 2.41. The third-order valence-electron chi connectivity index (χ3n) is 2.70. The second-order valence-corrected chi connectivity index (χ2v) is 5.66. The van der Waals surface area contributed by atoms with Gasteiger partial charge >= 0.3 is 0 Å². The molecule has 0 aliphatic heterocycles. The second-order valence-electron chi connectivity index (χ2n) is 3.93. The molecule has 0 aromatic heterocycles. The smallest absolute Gasteiger partial charge is 0.141 e. The number of halogens is 4. The summed E-state index contributed by atoms with van der Waals surface area (Å²) in [4.78, 5) is -0.117. The van der Waals surface area contributed by atoms with E-state index in [9.17, 15) is 4.39 Å². The maximum absolute atomic E-state index is 13.1. The van der Waals surface area contributed by atoms with E-state index in [1.54, 1.807) is 31.4 Å². The molecule has 0 N–H and O–H groups in total. The van der Waals surface area contributed by atoms with Gasteiger partial charge in [-0.15, -0.1) is 0 Å². The first-order valence-electron chi connectivity index (χ1n) is 5.45. The van der Waals surface area contributed by atoms with Crippen LogP contribution in [0.2, 0.25) is 10.0 Å². The van der Waals surface area contributed by atoms with Crippen LogP contribution in [0, 0.1) is 5.82 Å². The number of hydrogen-bond acceptors (Lipinski definition) is 1. The summed E-state index contributed by atoms with van der Waals surface area (Å²) in [7, 11) is 1.56. The lowest BCUT2D eigenvalue weighted by atomic mass is 10.0. The normalized spacial score (nSPS) is 12.3. The van der Waals surface area contributed by atoms with Crippen LogP contribution in [-0.2, 0) is 0 Å². The Balaban J connectivity index is 2.35. The van der Waals surface area contributed by atoms with E-state index in [-0.39, 0.29) is 9.85 Å². The van der Waals surface area contributed by atoms with Crippen LogP contribution < -0.4 is 4.74 Å². The zero-order valence-electron chi connectivity index (χ0n) is 9.96. The Kier molecular flexibility index (Phi) is 4.71. The number of benzene rings is 2. The van der Waals surface area contributed by atoms with Crippen LogP contribution in [0.3, 0.4) is 0 Å². The van der Waals surface area contributed by atoms with Crippen LogP contribution >= 0.6 is 39.1 Å². The Labute approximate surface area is 129 Å². The van der Waals surface area contributed by atoms with E-state index in [0.29, 0.717) is 10.8 Å². The van der Waals surface area contributed by atoms with Gasteiger partial charge in [-0.05, 0) is 35.4 Å². The van der Waals surface area contributed by atoms with E-state index in [2.05, 4.69) is 15.9 Å². The molecule has 0 bridgehead atoms. The van der Waals surface area contributed by atoms with Crippen LogP contribution in [0.15, 0.2) is 36.4 Å². The number of methoxy groups -OCH3 is 1. The van der Waals surface area contributed by atoms with Crippen molar-refractivity contribution >= 4 is 39.1 Å². The molecule has 2 rings (SSSR count). The quantitative estimate of drug-likeness (QED) is 0.642. The van der Waals surface area contributed by atoms with E-state index in [0.717, 1.165) is 11.1 Å². The van der Waals surface area contributed by atoms with Gasteiger partial charge in [-0.1, -0.05) is 51.3 Å². The predicted molar refractivity (Wildman–Crippen MR) is 80.2 cm³/mol. The molecule has 1 atom stereocenters. The van der Waals surface area contributed by atoms with Crippen molar-refractivity contribution in [3.05, 3.63) is 63.4 Å². The van der Waals surface area contributed by atoms with Gasteiger partial charge in [0.2, 0.25) is 0 Å². The number of rotatable bonds is 3. The lowest BCUT2D eigenvalue weighted by molar-refractivity contribution is 0.415. The summed E-state index contributed by atoms with van der Waals surface area (Å²) >= 11 is 15.4. The molecule has 0 aliphatic rings. The lowest BCUT2D eigenvalue weighted by Gasteiger charge is -2.13. The van der Waals surface area contributed by atoms with Crippen molar-refractivity contribution in [3.63, 3.8) is 0 Å². The Morgan fingerprint density at radius 2 is 1.63 bits per heavy atom. The van der Waals surface area contributed by atoms with E-state index < -0.39 is 5.82 Å². The van der Waals surface area contributed by atoms with Crippen molar-refractivity contribution in [1.29, 1.82) is 0 Å². The van der Waals surface area contributed by atoms with Gasteiger partial charge in [0.15, 0.2) is 0 Å². The molecule has 2 aromatic carbocycles. The molecule has 0 radical (unpaired) electrons. The third-order valence-corrected chi connectivity index (χ3v) is 4.35. The van der Waals surface area contributed by atoms with Crippen LogP contribution in [0.1, 0.15) is 16.0 Å². The molecule has 0 amide bonds. The summed E-state index contributed by atoms with van der Waals surface area (Å²) in [5.74, 6) is 0.181. The van der Waals surface area contributed by atoms with Gasteiger partial charge in [-0.2, -0.15) is 0 Å². The first-order valence-corrected chi connectivity index (χ1v) is 7.12. The Morgan fingerprint density at radius 1 is 1.05 bits per heavy atom. The van der Waals surface area contributed by atoms with Crippen molar-refractivity contribution in [2.24, 2.45) is 0 Å². The topological polar surface area (TPSA) is 9.23 Å². The Hall–Kier alpha value is -0.770. The predicted octanol–water partition coefficient (Wildman–Crippen LogP) is 5.63. The van der Waals surface area contributed by atoms with E-state index >= 15 is 0 Å². The lowest BCUT2D eigenvalue weighted by Crippen LogP contribution is -1.94. The number of hydrogen-bond donors (Lipinski definition) is 0. The van der Waals surface area contributed by atoms with Crippen LogP contribution in [0.25, 0.3) is 0 Å². The SMILES string of the molecule is COc1ccc(C(Br)c2ccc(F)c(Cl)c2)cc1Cl. The monoisotopic (exact) mass is 362 g/mol. The summed E-state index contributed by atoms with van der Waals surface area (Å²) in [5.41, 5.74) is 1.79. The van der Waals surface area contributed by atoms with E-state index in [4.69, 9.17) is 27.9 Å². The highest BCUT2D eigenvalue weighted by Gasteiger charge is 2.14. The fourth-order valence-corrected chi connectivity index (χ4v) is 2.73. The van der Waals surface area contributed by atoms with Gasteiger partial charge in [0.25, 0.3) is 0 Å². The van der Waals surface area contributed by atoms with Gasteiger partial charge < -0.3 is 4.74 Å². The molecular formula is C14H10BrCl2FO. The molecule has 1 nitrogen and oxygen atoms in total.